The lowest BCUT2D eigenvalue weighted by molar-refractivity contribution is -0.870. The molecule has 1 N–H and O–H groups in total. The zero-order valence-corrected chi connectivity index (χ0v) is 37.8. The number of nitrogens with zero attached hydrogens (tertiary/aromatic N) is 1. The number of likely N-dealkylation sites (N-methyl/N-ethyl adjacent to an activating group) is 1. The topological polar surface area (TPSA) is 108 Å². The zero-order valence-electron chi connectivity index (χ0n) is 36.9. The Balaban J connectivity index is 4.37. The molecule has 0 rings (SSSR count). The third kappa shape index (κ3) is 41.9. The molecule has 0 aliphatic carbocycles. The van der Waals surface area contributed by atoms with Crippen molar-refractivity contribution in [3.05, 3.63) is 36.5 Å². The van der Waals surface area contributed by atoms with E-state index in [1.807, 2.05) is 21.1 Å². The molecule has 10 heteroatoms. The minimum Gasteiger partial charge on any atom is -0.462 e. The fourth-order valence-electron chi connectivity index (χ4n) is 6.04. The van der Waals surface area contributed by atoms with Gasteiger partial charge in [0.2, 0.25) is 0 Å². The summed E-state index contributed by atoms with van der Waals surface area (Å²) in [6.07, 6.45) is 43.3. The number of hydrogen-bond acceptors (Lipinski definition) is 7. The van der Waals surface area contributed by atoms with Crippen molar-refractivity contribution in [1.29, 1.82) is 0 Å². The fraction of sp³-hybridized carbons (Fsp3) is 0.826. The molecule has 0 aliphatic rings. The molecule has 0 saturated carbocycles. The first kappa shape index (κ1) is 54.2. The quantitative estimate of drug-likeness (QED) is 0.0214. The van der Waals surface area contributed by atoms with Crippen LogP contribution in [0.15, 0.2) is 36.5 Å². The smallest absolute Gasteiger partial charge is 0.462 e. The number of quaternary nitrogens is 1. The number of ether oxygens (including phenoxy) is 2. The van der Waals surface area contributed by atoms with Crippen LogP contribution in [0.1, 0.15) is 194 Å². The van der Waals surface area contributed by atoms with Crippen LogP contribution in [0.3, 0.4) is 0 Å². The molecule has 0 aromatic heterocycles. The van der Waals surface area contributed by atoms with Crippen LogP contribution in [0.25, 0.3) is 0 Å². The maximum Gasteiger partial charge on any atom is 0.472 e. The summed E-state index contributed by atoms with van der Waals surface area (Å²) in [5, 5.41) is 0. The Labute approximate surface area is 344 Å². The Morgan fingerprint density at radius 1 is 0.554 bits per heavy atom. The Bertz CT molecular complexity index is 1050. The van der Waals surface area contributed by atoms with Gasteiger partial charge in [-0.05, 0) is 70.6 Å². The zero-order chi connectivity index (χ0) is 41.4. The van der Waals surface area contributed by atoms with Crippen molar-refractivity contribution in [1.82, 2.24) is 0 Å². The number of hydrogen-bond donors (Lipinski definition) is 1. The summed E-state index contributed by atoms with van der Waals surface area (Å²) in [6, 6.07) is 0. The second kappa shape index (κ2) is 38.7. The van der Waals surface area contributed by atoms with Crippen LogP contribution >= 0.6 is 7.82 Å². The highest BCUT2D eigenvalue weighted by molar-refractivity contribution is 7.47. The number of phosphoric ester groups is 1. The van der Waals surface area contributed by atoms with Crippen molar-refractivity contribution in [2.45, 2.75) is 200 Å². The van der Waals surface area contributed by atoms with Gasteiger partial charge >= 0.3 is 19.8 Å². The summed E-state index contributed by atoms with van der Waals surface area (Å²) in [5.41, 5.74) is 0. The highest BCUT2D eigenvalue weighted by Gasteiger charge is 2.27. The molecule has 2 atom stereocenters. The molecule has 0 spiro atoms. The minimum atomic E-state index is -4.38. The number of rotatable bonds is 41. The van der Waals surface area contributed by atoms with Crippen molar-refractivity contribution < 1.29 is 42.1 Å². The summed E-state index contributed by atoms with van der Waals surface area (Å²) in [5.74, 6) is -0.817. The maximum absolute atomic E-state index is 12.7. The van der Waals surface area contributed by atoms with E-state index >= 15 is 0 Å². The Morgan fingerprint density at radius 3 is 1.46 bits per heavy atom. The lowest BCUT2D eigenvalue weighted by atomic mass is 10.1. The van der Waals surface area contributed by atoms with Crippen molar-refractivity contribution in [2.75, 3.05) is 47.5 Å². The average Bonchev–Trinajstić information content (AvgIpc) is 3.15. The van der Waals surface area contributed by atoms with E-state index < -0.39 is 26.5 Å². The molecular formula is C46H87NO8P+. The van der Waals surface area contributed by atoms with Gasteiger partial charge < -0.3 is 18.9 Å². The number of phosphoric acid groups is 1. The molecule has 0 aromatic rings. The van der Waals surface area contributed by atoms with Gasteiger partial charge in [-0.1, -0.05) is 147 Å². The van der Waals surface area contributed by atoms with E-state index in [1.165, 1.54) is 89.9 Å². The Kier molecular flexibility index (Phi) is 37.5. The van der Waals surface area contributed by atoms with Gasteiger partial charge in [0.1, 0.15) is 19.8 Å². The van der Waals surface area contributed by atoms with Crippen LogP contribution in [-0.2, 0) is 32.7 Å². The van der Waals surface area contributed by atoms with Crippen LogP contribution in [0, 0.1) is 0 Å². The molecule has 0 radical (unpaired) electrons. The molecule has 328 valence electrons. The van der Waals surface area contributed by atoms with E-state index in [0.717, 1.165) is 70.6 Å². The van der Waals surface area contributed by atoms with Crippen molar-refractivity contribution >= 4 is 19.8 Å². The number of unbranched alkanes of at least 4 members (excludes halogenated alkanes) is 21. The van der Waals surface area contributed by atoms with E-state index in [4.69, 9.17) is 18.5 Å². The predicted octanol–water partition coefficient (Wildman–Crippen LogP) is 12.9. The SMILES string of the molecule is CCCCC/C=C\C/C=C\CCCCCCCC(=O)OC[C@H](COP(=O)(O)OCC[N+](C)(C)C)OC(=O)CCCCCCCCC/C=C\CCCCCCCC. The third-order valence-corrected chi connectivity index (χ3v) is 10.6. The van der Waals surface area contributed by atoms with Gasteiger partial charge in [0, 0.05) is 12.8 Å². The normalized spacial score (nSPS) is 13.9. The number of allylic oxidation sites excluding steroid dienone is 6. The summed E-state index contributed by atoms with van der Waals surface area (Å²) in [4.78, 5) is 35.4. The van der Waals surface area contributed by atoms with Crippen molar-refractivity contribution in [2.24, 2.45) is 0 Å². The molecular weight excluding hydrogens is 725 g/mol. The largest absolute Gasteiger partial charge is 0.472 e. The second-order valence-corrected chi connectivity index (χ2v) is 17.9. The second-order valence-electron chi connectivity index (χ2n) is 16.4. The van der Waals surface area contributed by atoms with E-state index in [1.54, 1.807) is 0 Å². The first-order valence-electron chi connectivity index (χ1n) is 22.7. The van der Waals surface area contributed by atoms with Crippen LogP contribution in [0.5, 0.6) is 0 Å². The summed E-state index contributed by atoms with van der Waals surface area (Å²) >= 11 is 0. The molecule has 0 aliphatic heterocycles. The number of esters is 2. The van der Waals surface area contributed by atoms with Crippen molar-refractivity contribution in [3.63, 3.8) is 0 Å². The summed E-state index contributed by atoms with van der Waals surface area (Å²) in [6.45, 7) is 4.38. The molecule has 1 unspecified atom stereocenters. The van der Waals surface area contributed by atoms with Gasteiger partial charge in [-0.15, -0.1) is 0 Å². The Morgan fingerprint density at radius 2 is 0.964 bits per heavy atom. The first-order valence-corrected chi connectivity index (χ1v) is 24.2. The first-order chi connectivity index (χ1) is 27.0. The van der Waals surface area contributed by atoms with E-state index in [-0.39, 0.29) is 32.0 Å². The average molecular weight is 813 g/mol. The lowest BCUT2D eigenvalue weighted by Crippen LogP contribution is -2.37. The van der Waals surface area contributed by atoms with Gasteiger partial charge in [0.25, 0.3) is 0 Å². The van der Waals surface area contributed by atoms with Gasteiger partial charge in [-0.2, -0.15) is 0 Å². The predicted molar refractivity (Wildman–Crippen MR) is 234 cm³/mol. The molecule has 0 bridgehead atoms. The van der Waals surface area contributed by atoms with E-state index in [9.17, 15) is 19.0 Å². The van der Waals surface area contributed by atoms with Crippen LogP contribution in [-0.4, -0.2) is 74.9 Å². The molecule has 56 heavy (non-hydrogen) atoms. The highest BCUT2D eigenvalue weighted by atomic mass is 31.2. The fourth-order valence-corrected chi connectivity index (χ4v) is 6.78. The van der Waals surface area contributed by atoms with E-state index in [2.05, 4.69) is 50.3 Å². The highest BCUT2D eigenvalue weighted by Crippen LogP contribution is 2.43. The molecule has 0 amide bonds. The summed E-state index contributed by atoms with van der Waals surface area (Å²) < 4.78 is 34.3. The number of carbonyl (C=O) groups is 2. The molecule has 0 saturated heterocycles. The molecule has 9 nitrogen and oxygen atoms in total. The molecule has 0 aromatic carbocycles. The van der Waals surface area contributed by atoms with Gasteiger partial charge in [-0.3, -0.25) is 18.6 Å². The minimum absolute atomic E-state index is 0.0284. The maximum atomic E-state index is 12.7. The number of carbonyl (C=O) groups excluding carboxylic acids is 2. The van der Waals surface area contributed by atoms with Crippen molar-refractivity contribution in [3.8, 4) is 0 Å². The van der Waals surface area contributed by atoms with Gasteiger partial charge in [0.05, 0.1) is 27.7 Å². The van der Waals surface area contributed by atoms with E-state index in [0.29, 0.717) is 17.4 Å². The monoisotopic (exact) mass is 813 g/mol. The lowest BCUT2D eigenvalue weighted by Gasteiger charge is -2.24. The third-order valence-electron chi connectivity index (χ3n) is 9.64. The molecule has 0 heterocycles. The van der Waals surface area contributed by atoms with Gasteiger partial charge in [0.15, 0.2) is 6.10 Å². The molecule has 0 fully saturated rings. The van der Waals surface area contributed by atoms with Crippen LogP contribution in [0.4, 0.5) is 0 Å². The van der Waals surface area contributed by atoms with Gasteiger partial charge in [-0.25, -0.2) is 4.57 Å². The van der Waals surface area contributed by atoms with Crippen LogP contribution < -0.4 is 0 Å². The van der Waals surface area contributed by atoms with Crippen LogP contribution in [0.2, 0.25) is 0 Å². The summed E-state index contributed by atoms with van der Waals surface area (Å²) in [7, 11) is 1.47. The standard InChI is InChI=1S/C46H86NO8P/c1-6-8-10-12-14-16-18-20-22-23-25-27-29-31-33-35-37-39-46(49)55-44(43-54-56(50,51)53-41-40-47(3,4)5)42-52-45(48)38-36-34-32-30-28-26-24-21-19-17-15-13-11-9-7-2/h15,17,20-22,24,44H,6-14,16,18-19,23,25-43H2,1-5H3/p+1/b17-15-,22-20-,24-21-/t44-/m1/s1. The Hall–Kier alpha value is -1.77.